The molecule has 8 rings (SSSR count). The molecule has 23 heteroatoms. The average Bonchev–Trinajstić information content (AvgIpc) is 4.00. The maximum atomic E-state index is 13.4. The van der Waals surface area contributed by atoms with Gasteiger partial charge < -0.3 is 54.4 Å². The number of hydrogen-bond acceptors (Lipinski definition) is 17. The second kappa shape index (κ2) is 20.0. The standard InChI is InChI=1S/C41H51N11O10S2/c1-46(6-2-4-42-26-24-28(53)34-30(32(26)55)44-36(63-34)38(57)47-8-12-49(13-9-47)40(59)51-16-20-61-21-17-51)7-3-5-43-27-25-29(54)35-31(33(27)56)45-37(64-35)39(58)48-10-14-50(15-11-48)41(60)52-18-22-62-23-19-52/h24-25,42-43H,2-23H2,1H3. The van der Waals surface area contributed by atoms with Crippen molar-refractivity contribution in [3.8, 4) is 0 Å². The fourth-order valence-corrected chi connectivity index (χ4v) is 10.0. The second-order valence-electron chi connectivity index (χ2n) is 16.1. The number of hydrogen-bond donors (Lipinski definition) is 2. The van der Waals surface area contributed by atoms with Gasteiger partial charge in [-0.1, -0.05) is 0 Å². The summed E-state index contributed by atoms with van der Waals surface area (Å²) in [6.45, 7) is 9.06. The van der Waals surface area contributed by atoms with Gasteiger partial charge >= 0.3 is 12.1 Å². The van der Waals surface area contributed by atoms with Crippen LogP contribution in [-0.4, -0.2) is 229 Å². The quantitative estimate of drug-likeness (QED) is 0.270. The maximum Gasteiger partial charge on any atom is 0.320 e. The molecular formula is C41H51N11O10S2. The lowest BCUT2D eigenvalue weighted by molar-refractivity contribution is 0.0362. The summed E-state index contributed by atoms with van der Waals surface area (Å²) in [7, 11) is 1.94. The van der Waals surface area contributed by atoms with Gasteiger partial charge in [0.25, 0.3) is 11.8 Å². The molecule has 0 radical (unpaired) electrons. The number of nitrogens with zero attached hydrogens (tertiary/aromatic N) is 9. The van der Waals surface area contributed by atoms with Crippen LogP contribution in [0.25, 0.3) is 0 Å². The molecule has 2 aromatic heterocycles. The molecule has 4 fully saturated rings. The van der Waals surface area contributed by atoms with E-state index < -0.39 is 23.1 Å². The predicted octanol–water partition coefficient (Wildman–Crippen LogP) is 0.137. The molecule has 2 aliphatic carbocycles. The zero-order valence-corrected chi connectivity index (χ0v) is 37.3. The Morgan fingerprint density at radius 3 is 1.28 bits per heavy atom. The van der Waals surface area contributed by atoms with Gasteiger partial charge in [0.05, 0.1) is 37.8 Å². The summed E-state index contributed by atoms with van der Waals surface area (Å²) in [4.78, 5) is 126. The molecule has 4 saturated heterocycles. The van der Waals surface area contributed by atoms with Crippen LogP contribution < -0.4 is 10.6 Å². The van der Waals surface area contributed by atoms with Crippen LogP contribution >= 0.6 is 22.7 Å². The normalized spacial score (nSPS) is 19.4. The summed E-state index contributed by atoms with van der Waals surface area (Å²) in [6, 6.07) is -0.140. The third-order valence-electron chi connectivity index (χ3n) is 11.8. The highest BCUT2D eigenvalue weighted by Gasteiger charge is 2.36. The SMILES string of the molecule is CN(CCCNC1=CC(=O)c2sc(C(=O)N3CCN(C(=O)N4CCOCC4)CC3)nc2C1=O)CCCNC1=CC(=O)c2sc(C(=O)N3CCN(C(=O)N4CCOCC4)CC3)nc2C1=O. The molecular weight excluding hydrogens is 871 g/mol. The number of nitrogens with one attached hydrogen (secondary N) is 2. The highest BCUT2D eigenvalue weighted by molar-refractivity contribution is 7.16. The Morgan fingerprint density at radius 1 is 0.562 bits per heavy atom. The number of morpholine rings is 2. The monoisotopic (exact) mass is 921 g/mol. The summed E-state index contributed by atoms with van der Waals surface area (Å²) in [5.41, 5.74) is 0.177. The van der Waals surface area contributed by atoms with Gasteiger partial charge in [0.2, 0.25) is 11.6 Å². The zero-order chi connectivity index (χ0) is 44.9. The van der Waals surface area contributed by atoms with Crippen LogP contribution in [0.15, 0.2) is 23.5 Å². The lowest BCUT2D eigenvalue weighted by atomic mass is 10.0. The van der Waals surface area contributed by atoms with Gasteiger partial charge in [0.15, 0.2) is 21.6 Å². The minimum atomic E-state index is -0.449. The summed E-state index contributed by atoms with van der Waals surface area (Å²) < 4.78 is 10.7. The minimum absolute atomic E-state index is 0.0357. The molecule has 6 heterocycles. The van der Waals surface area contributed by atoms with Crippen molar-refractivity contribution in [1.82, 2.24) is 54.9 Å². The number of allylic oxidation sites excluding steroid dienone is 4. The van der Waals surface area contributed by atoms with Gasteiger partial charge in [-0.25, -0.2) is 19.6 Å². The number of piperazine rings is 2. The number of amides is 6. The molecule has 2 N–H and O–H groups in total. The molecule has 21 nitrogen and oxygen atoms in total. The number of fused-ring (bicyclic) bond motifs is 2. The number of urea groups is 2. The van der Waals surface area contributed by atoms with E-state index in [9.17, 15) is 38.4 Å². The summed E-state index contributed by atoms with van der Waals surface area (Å²) in [6.07, 6.45) is 3.79. The number of rotatable bonds is 12. The van der Waals surface area contributed by atoms with E-state index in [0.717, 1.165) is 22.7 Å². The maximum absolute atomic E-state index is 13.4. The van der Waals surface area contributed by atoms with Gasteiger partial charge in [0.1, 0.15) is 21.1 Å². The van der Waals surface area contributed by atoms with Crippen molar-refractivity contribution >= 4 is 69.7 Å². The van der Waals surface area contributed by atoms with Crippen LogP contribution in [0.4, 0.5) is 9.59 Å². The average molecular weight is 922 g/mol. The van der Waals surface area contributed by atoms with Gasteiger partial charge in [-0.2, -0.15) is 0 Å². The van der Waals surface area contributed by atoms with Crippen LogP contribution in [0.2, 0.25) is 0 Å². The van der Waals surface area contributed by atoms with E-state index in [4.69, 9.17) is 9.47 Å². The Kier molecular flexibility index (Phi) is 14.1. The largest absolute Gasteiger partial charge is 0.382 e. The first-order valence-electron chi connectivity index (χ1n) is 21.6. The molecule has 0 spiro atoms. The van der Waals surface area contributed by atoms with Gasteiger partial charge in [-0.15, -0.1) is 22.7 Å². The third kappa shape index (κ3) is 9.87. The molecule has 0 bridgehead atoms. The van der Waals surface area contributed by atoms with E-state index in [2.05, 4.69) is 25.5 Å². The second-order valence-corrected chi connectivity index (χ2v) is 18.1. The van der Waals surface area contributed by atoms with Gasteiger partial charge in [-0.05, 0) is 33.0 Å². The van der Waals surface area contributed by atoms with Crippen LogP contribution in [-0.2, 0) is 9.47 Å². The number of Topliss-reactive ketones (excluding diaryl/α,β-unsaturated/α-hetero) is 2. The molecule has 64 heavy (non-hydrogen) atoms. The van der Waals surface area contributed by atoms with Crippen molar-refractivity contribution in [3.05, 3.63) is 54.7 Å². The molecule has 4 aliphatic heterocycles. The smallest absolute Gasteiger partial charge is 0.320 e. The fourth-order valence-electron chi connectivity index (χ4n) is 8.14. The fraction of sp³-hybridized carbons (Fsp3) is 0.561. The van der Waals surface area contributed by atoms with E-state index in [1.165, 1.54) is 12.2 Å². The van der Waals surface area contributed by atoms with E-state index >= 15 is 0 Å². The number of carbonyl (C=O) groups excluding carboxylic acids is 8. The van der Waals surface area contributed by atoms with Crippen molar-refractivity contribution in [2.45, 2.75) is 12.8 Å². The molecule has 0 saturated carbocycles. The number of thiazole rings is 2. The molecule has 2 aromatic rings. The van der Waals surface area contributed by atoms with Crippen LogP contribution in [0.1, 0.15) is 72.8 Å². The number of aromatic nitrogens is 2. The molecule has 342 valence electrons. The molecule has 6 aliphatic rings. The van der Waals surface area contributed by atoms with Crippen molar-refractivity contribution < 1.29 is 47.8 Å². The van der Waals surface area contributed by atoms with Crippen molar-refractivity contribution in [3.63, 3.8) is 0 Å². The molecule has 0 atom stereocenters. The Labute approximate surface area is 377 Å². The first-order valence-corrected chi connectivity index (χ1v) is 23.2. The summed E-state index contributed by atoms with van der Waals surface area (Å²) in [5, 5.41) is 6.25. The Balaban J connectivity index is 0.728. The topological polar surface area (TPSA) is 228 Å². The first kappa shape index (κ1) is 45.0. The predicted molar refractivity (Wildman–Crippen MR) is 231 cm³/mol. The Bertz CT molecular complexity index is 2090. The first-order chi connectivity index (χ1) is 31.0. The summed E-state index contributed by atoms with van der Waals surface area (Å²) >= 11 is 1.82. The van der Waals surface area contributed by atoms with Gasteiger partial charge in [0, 0.05) is 104 Å². The highest BCUT2D eigenvalue weighted by Crippen LogP contribution is 2.29. The van der Waals surface area contributed by atoms with Crippen molar-refractivity contribution in [2.24, 2.45) is 0 Å². The zero-order valence-electron chi connectivity index (χ0n) is 35.6. The van der Waals surface area contributed by atoms with E-state index in [1.807, 2.05) is 7.05 Å². The summed E-state index contributed by atoms with van der Waals surface area (Å²) in [5.74, 6) is -2.43. The number of carbonyl (C=O) groups is 8. The lowest BCUT2D eigenvalue weighted by Crippen LogP contribution is -2.55. The molecule has 0 aromatic carbocycles. The molecule has 6 amide bonds. The molecule has 0 unspecified atom stereocenters. The van der Waals surface area contributed by atoms with Crippen LogP contribution in [0.3, 0.4) is 0 Å². The Morgan fingerprint density at radius 2 is 0.906 bits per heavy atom. The lowest BCUT2D eigenvalue weighted by Gasteiger charge is -2.38. The highest BCUT2D eigenvalue weighted by atomic mass is 32.1. The van der Waals surface area contributed by atoms with E-state index in [0.29, 0.717) is 144 Å². The third-order valence-corrected chi connectivity index (χ3v) is 14.0. The Hall–Kier alpha value is -5.62. The van der Waals surface area contributed by atoms with Crippen molar-refractivity contribution in [2.75, 3.05) is 138 Å². The van der Waals surface area contributed by atoms with Crippen LogP contribution in [0.5, 0.6) is 0 Å². The van der Waals surface area contributed by atoms with E-state index in [-0.39, 0.29) is 66.4 Å². The van der Waals surface area contributed by atoms with Crippen molar-refractivity contribution in [1.29, 1.82) is 0 Å². The minimum Gasteiger partial charge on any atom is -0.382 e. The van der Waals surface area contributed by atoms with Gasteiger partial charge in [-0.3, -0.25) is 28.8 Å². The number of ketones is 4. The number of ether oxygens (including phenoxy) is 2. The van der Waals surface area contributed by atoms with Crippen LogP contribution in [0, 0.1) is 0 Å². The van der Waals surface area contributed by atoms with E-state index in [1.54, 1.807) is 29.4 Å².